The Balaban J connectivity index is 1.96. The van der Waals surface area contributed by atoms with Crippen molar-refractivity contribution in [2.24, 2.45) is 18.7 Å². The van der Waals surface area contributed by atoms with E-state index >= 15 is 0 Å². The van der Waals surface area contributed by atoms with Gasteiger partial charge in [0, 0.05) is 13.2 Å². The Labute approximate surface area is 118 Å². The molecule has 0 bridgehead atoms. The Morgan fingerprint density at radius 3 is 2.70 bits per heavy atom. The Morgan fingerprint density at radius 1 is 1.45 bits per heavy atom. The van der Waals surface area contributed by atoms with Crippen molar-refractivity contribution in [1.29, 1.82) is 0 Å². The van der Waals surface area contributed by atoms with Crippen molar-refractivity contribution in [3.05, 3.63) is 18.0 Å². The summed E-state index contributed by atoms with van der Waals surface area (Å²) in [4.78, 5) is 23.7. The molecule has 0 unspecified atom stereocenters. The van der Waals surface area contributed by atoms with Gasteiger partial charge in [0.1, 0.15) is 11.7 Å². The molecule has 1 aromatic heterocycles. The summed E-state index contributed by atoms with van der Waals surface area (Å²) in [6.07, 6.45) is 8.09. The van der Waals surface area contributed by atoms with E-state index < -0.39 is 11.9 Å². The summed E-state index contributed by atoms with van der Waals surface area (Å²) in [6.45, 7) is 0. The van der Waals surface area contributed by atoms with E-state index in [1.165, 1.54) is 23.9 Å². The van der Waals surface area contributed by atoms with Gasteiger partial charge in [0.2, 0.25) is 5.91 Å². The lowest BCUT2D eigenvalue weighted by molar-refractivity contribution is -0.120. The fourth-order valence-corrected chi connectivity index (χ4v) is 2.83. The van der Waals surface area contributed by atoms with Crippen molar-refractivity contribution >= 4 is 11.8 Å². The number of hydrogen-bond acceptors (Lipinski definition) is 3. The van der Waals surface area contributed by atoms with Crippen molar-refractivity contribution in [3.63, 3.8) is 0 Å². The number of carbonyl (C=O) groups excluding carboxylic acids is 2. The Hall–Kier alpha value is -1.85. The maximum absolute atomic E-state index is 12.1. The standard InChI is InChI=1S/C14H22N4O2/c1-18-12(7-8-16-18)14(20)17-11(13(15)19)9-10-5-3-2-4-6-10/h7-8,10-11H,2-6,9H2,1H3,(H2,15,19)(H,17,20)/t11-/m0/s1. The maximum Gasteiger partial charge on any atom is 0.270 e. The zero-order valence-corrected chi connectivity index (χ0v) is 11.8. The van der Waals surface area contributed by atoms with Gasteiger partial charge in [-0.1, -0.05) is 32.1 Å². The van der Waals surface area contributed by atoms with E-state index in [1.807, 2.05) is 0 Å². The van der Waals surface area contributed by atoms with Crippen LogP contribution in [-0.4, -0.2) is 27.6 Å². The third kappa shape index (κ3) is 3.59. The predicted octanol–water partition coefficient (Wildman–Crippen LogP) is 0.974. The van der Waals surface area contributed by atoms with Crippen LogP contribution in [-0.2, 0) is 11.8 Å². The van der Waals surface area contributed by atoms with E-state index in [2.05, 4.69) is 10.4 Å². The molecular formula is C14H22N4O2. The van der Waals surface area contributed by atoms with Gasteiger partial charge in [-0.05, 0) is 18.4 Å². The molecule has 1 aliphatic rings. The highest BCUT2D eigenvalue weighted by Crippen LogP contribution is 2.27. The van der Waals surface area contributed by atoms with Gasteiger partial charge in [0.15, 0.2) is 0 Å². The molecule has 1 heterocycles. The number of nitrogens with zero attached hydrogens (tertiary/aromatic N) is 2. The van der Waals surface area contributed by atoms with E-state index in [1.54, 1.807) is 19.3 Å². The molecular weight excluding hydrogens is 256 g/mol. The van der Waals surface area contributed by atoms with Gasteiger partial charge in [-0.25, -0.2) is 0 Å². The van der Waals surface area contributed by atoms with Crippen LogP contribution in [0, 0.1) is 5.92 Å². The molecule has 0 spiro atoms. The van der Waals surface area contributed by atoms with Gasteiger partial charge in [0.25, 0.3) is 5.91 Å². The van der Waals surface area contributed by atoms with Crippen LogP contribution in [0.3, 0.4) is 0 Å². The summed E-state index contributed by atoms with van der Waals surface area (Å²) in [5, 5.41) is 6.68. The van der Waals surface area contributed by atoms with Gasteiger partial charge in [0.05, 0.1) is 0 Å². The second-order valence-electron chi connectivity index (χ2n) is 5.51. The summed E-state index contributed by atoms with van der Waals surface area (Å²) in [7, 11) is 1.69. The number of nitrogens with one attached hydrogen (secondary N) is 1. The molecule has 0 saturated heterocycles. The van der Waals surface area contributed by atoms with E-state index in [0.29, 0.717) is 18.0 Å². The van der Waals surface area contributed by atoms with Gasteiger partial charge >= 0.3 is 0 Å². The molecule has 2 amide bonds. The molecule has 20 heavy (non-hydrogen) atoms. The first kappa shape index (κ1) is 14.6. The number of hydrogen-bond donors (Lipinski definition) is 2. The zero-order valence-electron chi connectivity index (χ0n) is 11.8. The summed E-state index contributed by atoms with van der Waals surface area (Å²) >= 11 is 0. The largest absolute Gasteiger partial charge is 0.368 e. The highest BCUT2D eigenvalue weighted by Gasteiger charge is 2.25. The molecule has 3 N–H and O–H groups in total. The SMILES string of the molecule is Cn1nccc1C(=O)N[C@@H](CC1CCCCC1)C(N)=O. The Morgan fingerprint density at radius 2 is 2.15 bits per heavy atom. The summed E-state index contributed by atoms with van der Waals surface area (Å²) < 4.78 is 1.48. The van der Waals surface area contributed by atoms with Gasteiger partial charge in [-0.15, -0.1) is 0 Å². The molecule has 0 aromatic carbocycles. The van der Waals surface area contributed by atoms with Gasteiger partial charge < -0.3 is 11.1 Å². The van der Waals surface area contributed by atoms with E-state index in [4.69, 9.17) is 5.73 Å². The summed E-state index contributed by atoms with van der Waals surface area (Å²) in [5.41, 5.74) is 5.85. The van der Waals surface area contributed by atoms with Crippen LogP contribution in [0.4, 0.5) is 0 Å². The number of primary amides is 1. The number of nitrogens with two attached hydrogens (primary N) is 1. The second-order valence-corrected chi connectivity index (χ2v) is 5.51. The minimum Gasteiger partial charge on any atom is -0.368 e. The number of carbonyl (C=O) groups is 2. The number of aromatic nitrogens is 2. The Kier molecular flexibility index (Phi) is 4.76. The summed E-state index contributed by atoms with van der Waals surface area (Å²) in [5.74, 6) is -0.288. The number of aryl methyl sites for hydroxylation is 1. The lowest BCUT2D eigenvalue weighted by atomic mass is 9.84. The van der Waals surface area contributed by atoms with Crippen molar-refractivity contribution in [2.45, 2.75) is 44.6 Å². The second kappa shape index (κ2) is 6.54. The average Bonchev–Trinajstić information content (AvgIpc) is 2.85. The minimum atomic E-state index is -0.597. The first-order valence-electron chi connectivity index (χ1n) is 7.16. The molecule has 0 radical (unpaired) electrons. The average molecular weight is 278 g/mol. The van der Waals surface area contributed by atoms with Crippen molar-refractivity contribution in [3.8, 4) is 0 Å². The highest BCUT2D eigenvalue weighted by atomic mass is 16.2. The monoisotopic (exact) mass is 278 g/mol. The first-order chi connectivity index (χ1) is 9.58. The summed E-state index contributed by atoms with van der Waals surface area (Å²) in [6, 6.07) is 1.02. The topological polar surface area (TPSA) is 90.0 Å². The molecule has 2 rings (SSSR count). The minimum absolute atomic E-state index is 0.301. The molecule has 1 atom stereocenters. The predicted molar refractivity (Wildman–Crippen MR) is 74.8 cm³/mol. The molecule has 6 nitrogen and oxygen atoms in total. The molecule has 0 aliphatic heterocycles. The molecule has 1 fully saturated rings. The van der Waals surface area contributed by atoms with E-state index in [9.17, 15) is 9.59 Å². The Bertz CT molecular complexity index is 477. The quantitative estimate of drug-likeness (QED) is 0.841. The highest BCUT2D eigenvalue weighted by molar-refractivity contribution is 5.95. The van der Waals surface area contributed by atoms with Crippen LogP contribution in [0.25, 0.3) is 0 Å². The number of amides is 2. The fourth-order valence-electron chi connectivity index (χ4n) is 2.83. The van der Waals surface area contributed by atoms with Crippen LogP contribution in [0.1, 0.15) is 49.0 Å². The van der Waals surface area contributed by atoms with Crippen LogP contribution in [0.5, 0.6) is 0 Å². The van der Waals surface area contributed by atoms with E-state index in [0.717, 1.165) is 12.8 Å². The van der Waals surface area contributed by atoms with Gasteiger partial charge in [-0.2, -0.15) is 5.10 Å². The van der Waals surface area contributed by atoms with Crippen LogP contribution in [0.2, 0.25) is 0 Å². The molecule has 1 saturated carbocycles. The maximum atomic E-state index is 12.1. The normalized spacial score (nSPS) is 17.6. The molecule has 1 aliphatic carbocycles. The van der Waals surface area contributed by atoms with Crippen LogP contribution < -0.4 is 11.1 Å². The molecule has 1 aromatic rings. The van der Waals surface area contributed by atoms with E-state index in [-0.39, 0.29) is 5.91 Å². The zero-order chi connectivity index (χ0) is 14.5. The number of rotatable bonds is 5. The first-order valence-corrected chi connectivity index (χ1v) is 7.16. The van der Waals surface area contributed by atoms with Crippen LogP contribution in [0.15, 0.2) is 12.3 Å². The third-order valence-electron chi connectivity index (χ3n) is 4.00. The van der Waals surface area contributed by atoms with Gasteiger partial charge in [-0.3, -0.25) is 14.3 Å². The lowest BCUT2D eigenvalue weighted by Gasteiger charge is -2.25. The third-order valence-corrected chi connectivity index (χ3v) is 4.00. The fraction of sp³-hybridized carbons (Fsp3) is 0.643. The van der Waals surface area contributed by atoms with Crippen molar-refractivity contribution < 1.29 is 9.59 Å². The van der Waals surface area contributed by atoms with Crippen molar-refractivity contribution in [1.82, 2.24) is 15.1 Å². The van der Waals surface area contributed by atoms with Crippen LogP contribution >= 0.6 is 0 Å². The molecule has 6 heteroatoms. The molecule has 110 valence electrons. The van der Waals surface area contributed by atoms with Crippen molar-refractivity contribution in [2.75, 3.05) is 0 Å². The lowest BCUT2D eigenvalue weighted by Crippen LogP contribution is -2.46. The smallest absolute Gasteiger partial charge is 0.270 e.